The average Bonchev–Trinajstić information content (AvgIpc) is 2.99. The summed E-state index contributed by atoms with van der Waals surface area (Å²) in [7, 11) is 0. The number of hydrogen-bond acceptors (Lipinski definition) is 0. The van der Waals surface area contributed by atoms with Gasteiger partial charge in [-0.2, -0.15) is 0 Å². The maximum absolute atomic E-state index is 2.24. The second-order valence-electron chi connectivity index (χ2n) is 12.0. The predicted molar refractivity (Wildman–Crippen MR) is 194 cm³/mol. The maximum Gasteiger partial charge on any atom is -0.0152 e. The molecule has 0 aliphatic heterocycles. The molecule has 6 aromatic carbocycles. The van der Waals surface area contributed by atoms with E-state index in [1.165, 1.54) is 77.9 Å². The van der Waals surface area contributed by atoms with Crippen molar-refractivity contribution in [3.05, 3.63) is 178 Å². The van der Waals surface area contributed by atoms with E-state index < -0.39 is 0 Å². The van der Waals surface area contributed by atoms with E-state index in [9.17, 15) is 0 Å². The molecule has 222 valence electrons. The molecule has 0 N–H and O–H groups in total. The van der Waals surface area contributed by atoms with Gasteiger partial charge in [0.15, 0.2) is 0 Å². The van der Waals surface area contributed by atoms with Crippen molar-refractivity contribution in [2.75, 3.05) is 0 Å². The molecule has 0 unspecified atom stereocenters. The van der Waals surface area contributed by atoms with Crippen molar-refractivity contribution in [2.24, 2.45) is 0 Å². The molecule has 6 rings (SSSR count). The molecule has 0 heteroatoms. The van der Waals surface area contributed by atoms with Crippen LogP contribution >= 0.6 is 0 Å². The molecule has 44 heavy (non-hydrogen) atoms. The first-order chi connectivity index (χ1) is 21.1. The molecule has 0 amide bonds. The first kappa shape index (κ1) is 32.2. The molecule has 0 radical (unpaired) electrons. The lowest BCUT2D eigenvalue weighted by molar-refractivity contribution is 1.34. The van der Waals surface area contributed by atoms with Gasteiger partial charge in [-0.25, -0.2) is 0 Å². The molecule has 0 aliphatic carbocycles. The van der Waals surface area contributed by atoms with E-state index in [2.05, 4.69) is 189 Å². The molecule has 0 saturated heterocycles. The Labute approximate surface area is 266 Å². The molecule has 6 aromatic rings. The van der Waals surface area contributed by atoms with Gasteiger partial charge in [0.25, 0.3) is 0 Å². The van der Waals surface area contributed by atoms with Crippen LogP contribution in [0, 0.1) is 55.4 Å². The van der Waals surface area contributed by atoms with Gasteiger partial charge in [-0.05, 0) is 117 Å². The van der Waals surface area contributed by atoms with E-state index in [-0.39, 0.29) is 0 Å². The zero-order chi connectivity index (χ0) is 31.6. The summed E-state index contributed by atoms with van der Waals surface area (Å²) in [5.74, 6) is 0. The standard InChI is InChI=1S/C16H18.2C14H14/c1-11-5-7-15(13(3)9-11)16-8-6-12(2)10-14(16)4;1-11-7-3-5-9-13(11)14-10-6-4-8-12(14)2;1-11-6-5-8-13(10-11)14-9-4-3-7-12(14)2/h5-10H,1-4H3;2*3-10H,1-2H3. The van der Waals surface area contributed by atoms with E-state index >= 15 is 0 Å². The minimum atomic E-state index is 1.31. The summed E-state index contributed by atoms with van der Waals surface area (Å²) < 4.78 is 0. The van der Waals surface area contributed by atoms with Crippen LogP contribution in [-0.2, 0) is 0 Å². The van der Waals surface area contributed by atoms with Crippen molar-refractivity contribution >= 4 is 0 Å². The third-order valence-corrected chi connectivity index (χ3v) is 8.11. The Kier molecular flexibility index (Phi) is 11.1. The molecular weight excluding hydrogens is 528 g/mol. The van der Waals surface area contributed by atoms with Gasteiger partial charge in [-0.1, -0.05) is 150 Å². The molecule has 0 spiro atoms. The zero-order valence-corrected chi connectivity index (χ0v) is 27.7. The summed E-state index contributed by atoms with van der Waals surface area (Å²) in [6.07, 6.45) is 0. The Balaban J connectivity index is 0.000000151. The van der Waals surface area contributed by atoms with Gasteiger partial charge in [-0.3, -0.25) is 0 Å². The van der Waals surface area contributed by atoms with Gasteiger partial charge < -0.3 is 0 Å². The van der Waals surface area contributed by atoms with E-state index in [4.69, 9.17) is 0 Å². The summed E-state index contributed by atoms with van der Waals surface area (Å²) in [6.45, 7) is 17.2. The van der Waals surface area contributed by atoms with Gasteiger partial charge in [0.1, 0.15) is 0 Å². The number of benzene rings is 6. The van der Waals surface area contributed by atoms with Crippen molar-refractivity contribution in [3.63, 3.8) is 0 Å². The SMILES string of the molecule is Cc1ccc(-c2ccc(C)cc2C)c(C)c1.Cc1cccc(-c2ccccc2C)c1.Cc1ccccc1-c1ccccc1C. The number of rotatable bonds is 3. The Hall–Kier alpha value is -4.68. The van der Waals surface area contributed by atoms with E-state index in [1.54, 1.807) is 0 Å². The predicted octanol–water partition coefficient (Wildman–Crippen LogP) is 12.5. The molecule has 0 aliphatic rings. The fourth-order valence-corrected chi connectivity index (χ4v) is 5.69. The lowest BCUT2D eigenvalue weighted by Gasteiger charge is -2.10. The van der Waals surface area contributed by atoms with Crippen LogP contribution in [0.15, 0.2) is 133 Å². The van der Waals surface area contributed by atoms with E-state index in [1.807, 2.05) is 0 Å². The molecule has 0 fully saturated rings. The molecular formula is C44H46. The highest BCUT2D eigenvalue weighted by molar-refractivity contribution is 5.72. The van der Waals surface area contributed by atoms with Crippen LogP contribution in [-0.4, -0.2) is 0 Å². The Morgan fingerprint density at radius 3 is 1.00 bits per heavy atom. The summed E-state index contributed by atoms with van der Waals surface area (Å²) >= 11 is 0. The van der Waals surface area contributed by atoms with Crippen LogP contribution in [0.5, 0.6) is 0 Å². The lowest BCUT2D eigenvalue weighted by Crippen LogP contribution is -1.88. The van der Waals surface area contributed by atoms with E-state index in [0.29, 0.717) is 0 Å². The number of hydrogen-bond donors (Lipinski definition) is 0. The highest BCUT2D eigenvalue weighted by atomic mass is 14.1. The molecule has 0 nitrogen and oxygen atoms in total. The van der Waals surface area contributed by atoms with Gasteiger partial charge in [0.05, 0.1) is 0 Å². The minimum absolute atomic E-state index is 1.31. The van der Waals surface area contributed by atoms with Crippen molar-refractivity contribution in [3.8, 4) is 33.4 Å². The highest BCUT2D eigenvalue weighted by Crippen LogP contribution is 2.28. The minimum Gasteiger partial charge on any atom is -0.0620 e. The molecule has 0 atom stereocenters. The third-order valence-electron chi connectivity index (χ3n) is 8.11. The zero-order valence-electron chi connectivity index (χ0n) is 27.7. The largest absolute Gasteiger partial charge is 0.0620 e. The normalized spacial score (nSPS) is 10.3. The summed E-state index contributed by atoms with van der Waals surface area (Å²) in [5, 5.41) is 0. The van der Waals surface area contributed by atoms with Crippen molar-refractivity contribution in [2.45, 2.75) is 55.4 Å². The Morgan fingerprint density at radius 2 is 0.614 bits per heavy atom. The molecule has 0 bridgehead atoms. The van der Waals surface area contributed by atoms with Crippen molar-refractivity contribution in [1.29, 1.82) is 0 Å². The van der Waals surface area contributed by atoms with E-state index in [0.717, 1.165) is 0 Å². The second-order valence-corrected chi connectivity index (χ2v) is 12.0. The maximum atomic E-state index is 2.24. The summed E-state index contributed by atoms with van der Waals surface area (Å²) in [4.78, 5) is 0. The molecule has 0 aromatic heterocycles. The van der Waals surface area contributed by atoms with Crippen molar-refractivity contribution < 1.29 is 0 Å². The first-order valence-electron chi connectivity index (χ1n) is 15.5. The smallest absolute Gasteiger partial charge is 0.0152 e. The van der Waals surface area contributed by atoms with Gasteiger partial charge in [0, 0.05) is 0 Å². The Bertz CT molecular complexity index is 1740. The van der Waals surface area contributed by atoms with Gasteiger partial charge in [-0.15, -0.1) is 0 Å². The number of aryl methyl sites for hydroxylation is 8. The fraction of sp³-hybridized carbons (Fsp3) is 0.182. The van der Waals surface area contributed by atoms with Crippen LogP contribution < -0.4 is 0 Å². The topological polar surface area (TPSA) is 0 Å². The highest BCUT2D eigenvalue weighted by Gasteiger charge is 2.05. The van der Waals surface area contributed by atoms with Gasteiger partial charge in [0.2, 0.25) is 0 Å². The van der Waals surface area contributed by atoms with Gasteiger partial charge >= 0.3 is 0 Å². The fourth-order valence-electron chi connectivity index (χ4n) is 5.69. The monoisotopic (exact) mass is 574 g/mol. The van der Waals surface area contributed by atoms with Crippen LogP contribution in [0.25, 0.3) is 33.4 Å². The lowest BCUT2D eigenvalue weighted by atomic mass is 9.94. The Morgan fingerprint density at radius 1 is 0.250 bits per heavy atom. The quantitative estimate of drug-likeness (QED) is 0.197. The third kappa shape index (κ3) is 8.45. The van der Waals surface area contributed by atoms with Crippen LogP contribution in [0.2, 0.25) is 0 Å². The van der Waals surface area contributed by atoms with Crippen LogP contribution in [0.4, 0.5) is 0 Å². The molecule has 0 heterocycles. The summed E-state index contributed by atoms with van der Waals surface area (Å²) in [5.41, 5.74) is 18.7. The summed E-state index contributed by atoms with van der Waals surface area (Å²) in [6, 6.07) is 47.4. The molecule has 0 saturated carbocycles. The second kappa shape index (κ2) is 15.2. The average molecular weight is 575 g/mol. The van der Waals surface area contributed by atoms with Crippen LogP contribution in [0.3, 0.4) is 0 Å². The first-order valence-corrected chi connectivity index (χ1v) is 15.5. The van der Waals surface area contributed by atoms with Crippen LogP contribution in [0.1, 0.15) is 44.5 Å². The van der Waals surface area contributed by atoms with Crippen molar-refractivity contribution in [1.82, 2.24) is 0 Å².